The Morgan fingerprint density at radius 3 is 2.47 bits per heavy atom. The molecule has 0 spiro atoms. The molecule has 0 saturated heterocycles. The molecule has 1 aliphatic carbocycles. The van der Waals surface area contributed by atoms with Crippen molar-refractivity contribution < 1.29 is 22.5 Å². The van der Waals surface area contributed by atoms with Crippen molar-refractivity contribution in [1.82, 2.24) is 0 Å². The highest BCUT2D eigenvalue weighted by Crippen LogP contribution is 2.53. The van der Waals surface area contributed by atoms with E-state index in [1.165, 1.54) is 0 Å². The van der Waals surface area contributed by atoms with Crippen LogP contribution in [-0.4, -0.2) is 19.6 Å². The Morgan fingerprint density at radius 2 is 1.94 bits per heavy atom. The van der Waals surface area contributed by atoms with E-state index in [1.54, 1.807) is 30.3 Å². The van der Waals surface area contributed by atoms with Crippen LogP contribution >= 0.6 is 0 Å². The highest BCUT2D eigenvalue weighted by atomic mass is 19.4. The van der Waals surface area contributed by atoms with Gasteiger partial charge in [0.05, 0.1) is 12.2 Å². The third kappa shape index (κ3) is 3.02. The van der Waals surface area contributed by atoms with Crippen molar-refractivity contribution in [1.29, 1.82) is 0 Å². The van der Waals surface area contributed by atoms with Crippen molar-refractivity contribution in [3.8, 4) is 0 Å². The normalized spacial score (nSPS) is 23.2. The second-order valence-corrected chi connectivity index (χ2v) is 4.25. The summed E-state index contributed by atoms with van der Waals surface area (Å²) >= 11 is 0. The number of carbonyl (C=O) groups excluding carboxylic acids is 1. The van der Waals surface area contributed by atoms with E-state index < -0.39 is 24.7 Å². The molecule has 1 fully saturated rings. The van der Waals surface area contributed by atoms with Gasteiger partial charge in [-0.15, -0.1) is 0 Å². The van der Waals surface area contributed by atoms with Crippen LogP contribution in [0.3, 0.4) is 0 Å². The number of halogens is 3. The molecule has 1 aromatic carbocycles. The van der Waals surface area contributed by atoms with Crippen molar-refractivity contribution in [3.63, 3.8) is 0 Å². The van der Waals surface area contributed by atoms with Crippen molar-refractivity contribution in [2.24, 2.45) is 5.92 Å². The fraction of sp³-hybridized carbons (Fsp3) is 0.364. The van der Waals surface area contributed by atoms with Gasteiger partial charge in [0, 0.05) is 0 Å². The average Bonchev–Trinajstić information content (AvgIpc) is 3.06. The SMILES string of the molecule is O=C(OC[C@H]1C[C@@H]1[B-](F)(F)F)c1ccccc1. The maximum Gasteiger partial charge on any atom is 0.481 e. The molecule has 1 saturated carbocycles. The van der Waals surface area contributed by atoms with Crippen LogP contribution in [0.1, 0.15) is 16.8 Å². The van der Waals surface area contributed by atoms with Gasteiger partial charge >= 0.3 is 12.9 Å². The first-order valence-corrected chi connectivity index (χ1v) is 5.40. The quantitative estimate of drug-likeness (QED) is 0.599. The standard InChI is InChI=1S/C11H11BF3O2/c13-12(14,15)10-6-9(10)7-17-11(16)8-4-2-1-3-5-8/h1-5,9-10H,6-7H2/q-1/t9-,10+/m1/s1. The summed E-state index contributed by atoms with van der Waals surface area (Å²) in [6.07, 6.45) is 0.0889. The Balaban J connectivity index is 1.80. The van der Waals surface area contributed by atoms with E-state index in [4.69, 9.17) is 4.74 Å². The molecule has 2 rings (SSSR count). The number of ether oxygens (including phenoxy) is 1. The summed E-state index contributed by atoms with van der Waals surface area (Å²) in [4.78, 5) is 11.4. The zero-order chi connectivity index (χ0) is 12.5. The Bertz CT molecular complexity index is 405. The maximum absolute atomic E-state index is 12.3. The lowest BCUT2D eigenvalue weighted by Gasteiger charge is -2.12. The van der Waals surface area contributed by atoms with Gasteiger partial charge in [0.15, 0.2) is 0 Å². The van der Waals surface area contributed by atoms with E-state index in [9.17, 15) is 17.7 Å². The fourth-order valence-corrected chi connectivity index (χ4v) is 1.77. The van der Waals surface area contributed by atoms with Crippen LogP contribution in [0.5, 0.6) is 0 Å². The summed E-state index contributed by atoms with van der Waals surface area (Å²) in [7, 11) is 0. The van der Waals surface area contributed by atoms with Gasteiger partial charge in [0.2, 0.25) is 0 Å². The van der Waals surface area contributed by atoms with Crippen LogP contribution in [0.4, 0.5) is 12.9 Å². The zero-order valence-electron chi connectivity index (χ0n) is 8.98. The number of carbonyl (C=O) groups is 1. The minimum atomic E-state index is -4.78. The molecule has 92 valence electrons. The molecule has 0 aromatic heterocycles. The number of esters is 1. The predicted octanol–water partition coefficient (Wildman–Crippen LogP) is 3.08. The summed E-state index contributed by atoms with van der Waals surface area (Å²) in [6, 6.07) is 8.24. The van der Waals surface area contributed by atoms with Gasteiger partial charge in [0.25, 0.3) is 0 Å². The van der Waals surface area contributed by atoms with Crippen molar-refractivity contribution >= 4 is 12.9 Å². The Kier molecular flexibility index (Phi) is 3.13. The minimum Gasteiger partial charge on any atom is -0.462 e. The van der Waals surface area contributed by atoms with E-state index in [0.717, 1.165) is 0 Å². The number of benzene rings is 1. The largest absolute Gasteiger partial charge is 0.481 e. The Labute approximate surface area is 96.8 Å². The summed E-state index contributed by atoms with van der Waals surface area (Å²) in [5.41, 5.74) is 0.363. The summed E-state index contributed by atoms with van der Waals surface area (Å²) < 4.78 is 41.6. The Hall–Kier alpha value is -1.46. The monoisotopic (exact) mass is 243 g/mol. The van der Waals surface area contributed by atoms with Crippen LogP contribution in [0, 0.1) is 5.92 Å². The van der Waals surface area contributed by atoms with E-state index in [-0.39, 0.29) is 13.0 Å². The van der Waals surface area contributed by atoms with E-state index in [2.05, 4.69) is 0 Å². The highest BCUT2D eigenvalue weighted by Gasteiger charge is 2.51. The van der Waals surface area contributed by atoms with Gasteiger partial charge in [-0.05, 0) is 18.1 Å². The minimum absolute atomic E-state index is 0.0889. The first-order chi connectivity index (χ1) is 7.98. The van der Waals surface area contributed by atoms with Gasteiger partial charge in [0.1, 0.15) is 0 Å². The summed E-state index contributed by atoms with van der Waals surface area (Å²) in [6.45, 7) is -4.92. The van der Waals surface area contributed by atoms with Gasteiger partial charge in [-0.3, -0.25) is 0 Å². The summed E-state index contributed by atoms with van der Waals surface area (Å²) in [5.74, 6) is -2.34. The number of hydrogen-bond donors (Lipinski definition) is 0. The van der Waals surface area contributed by atoms with Gasteiger partial charge < -0.3 is 17.7 Å². The smallest absolute Gasteiger partial charge is 0.462 e. The molecule has 0 aliphatic heterocycles. The molecule has 0 bridgehead atoms. The predicted molar refractivity (Wildman–Crippen MR) is 57.7 cm³/mol. The molecule has 1 aromatic rings. The van der Waals surface area contributed by atoms with Gasteiger partial charge in [-0.1, -0.05) is 30.4 Å². The number of rotatable bonds is 4. The van der Waals surface area contributed by atoms with Crippen LogP contribution in [0.25, 0.3) is 0 Å². The molecule has 0 radical (unpaired) electrons. The molecule has 0 unspecified atom stereocenters. The lowest BCUT2D eigenvalue weighted by Crippen LogP contribution is -2.17. The summed E-state index contributed by atoms with van der Waals surface area (Å²) in [5, 5.41) is 0. The first-order valence-electron chi connectivity index (χ1n) is 5.40. The fourth-order valence-electron chi connectivity index (χ4n) is 1.77. The molecule has 2 atom stereocenters. The topological polar surface area (TPSA) is 26.3 Å². The zero-order valence-corrected chi connectivity index (χ0v) is 8.98. The molecule has 0 N–H and O–H groups in total. The van der Waals surface area contributed by atoms with Crippen LogP contribution in [-0.2, 0) is 4.74 Å². The van der Waals surface area contributed by atoms with E-state index in [0.29, 0.717) is 5.56 Å². The van der Waals surface area contributed by atoms with E-state index in [1.807, 2.05) is 0 Å². The average molecular weight is 243 g/mol. The molecular formula is C11H11BF3O2-. The maximum atomic E-state index is 12.3. The second-order valence-electron chi connectivity index (χ2n) is 4.25. The third-order valence-electron chi connectivity index (χ3n) is 2.90. The van der Waals surface area contributed by atoms with Gasteiger partial charge in [-0.25, -0.2) is 4.79 Å². The van der Waals surface area contributed by atoms with Crippen LogP contribution in [0.15, 0.2) is 30.3 Å². The van der Waals surface area contributed by atoms with Crippen molar-refractivity contribution in [2.75, 3.05) is 6.61 Å². The van der Waals surface area contributed by atoms with Crippen LogP contribution in [0.2, 0.25) is 5.82 Å². The Morgan fingerprint density at radius 1 is 1.29 bits per heavy atom. The second kappa shape index (κ2) is 4.43. The molecule has 6 heteroatoms. The first kappa shape index (κ1) is 12.0. The molecular weight excluding hydrogens is 232 g/mol. The molecule has 0 heterocycles. The lowest BCUT2D eigenvalue weighted by atomic mass is 9.82. The lowest BCUT2D eigenvalue weighted by molar-refractivity contribution is 0.0484. The van der Waals surface area contributed by atoms with Crippen molar-refractivity contribution in [3.05, 3.63) is 35.9 Å². The molecule has 1 aliphatic rings. The van der Waals surface area contributed by atoms with Gasteiger partial charge in [-0.2, -0.15) is 0 Å². The van der Waals surface area contributed by atoms with Crippen molar-refractivity contribution in [2.45, 2.75) is 12.2 Å². The van der Waals surface area contributed by atoms with E-state index >= 15 is 0 Å². The number of hydrogen-bond acceptors (Lipinski definition) is 2. The third-order valence-corrected chi connectivity index (χ3v) is 2.90. The van der Waals surface area contributed by atoms with Crippen LogP contribution < -0.4 is 0 Å². The molecule has 2 nitrogen and oxygen atoms in total. The highest BCUT2D eigenvalue weighted by molar-refractivity contribution is 6.61. The molecule has 17 heavy (non-hydrogen) atoms. The molecule has 0 amide bonds.